The Morgan fingerprint density at radius 1 is 1.08 bits per heavy atom. The van der Waals surface area contributed by atoms with Crippen molar-refractivity contribution in [3.05, 3.63) is 76.3 Å². The van der Waals surface area contributed by atoms with Crippen LogP contribution in [0.3, 0.4) is 0 Å². The number of methoxy groups -OCH3 is 2. The Kier molecular flexibility index (Phi) is 8.78. The summed E-state index contributed by atoms with van der Waals surface area (Å²) < 4.78 is 17.0. The van der Waals surface area contributed by atoms with Crippen molar-refractivity contribution in [2.24, 2.45) is 4.99 Å². The smallest absolute Gasteiger partial charge is 0.338 e. The van der Waals surface area contributed by atoms with Crippen LogP contribution in [0, 0.1) is 0 Å². The quantitative estimate of drug-likeness (QED) is 0.414. The first-order valence-electron chi connectivity index (χ1n) is 12.6. The van der Waals surface area contributed by atoms with Crippen molar-refractivity contribution in [1.82, 2.24) is 10.2 Å². The first-order chi connectivity index (χ1) is 18.4. The Labute approximate surface area is 227 Å². The molecule has 0 unspecified atom stereocenters. The molecular weight excluding hydrogens is 502 g/mol. The van der Waals surface area contributed by atoms with Gasteiger partial charge in [-0.1, -0.05) is 61.2 Å². The van der Waals surface area contributed by atoms with E-state index < -0.39 is 12.0 Å². The van der Waals surface area contributed by atoms with Crippen molar-refractivity contribution in [2.45, 2.75) is 45.7 Å². The molecule has 2 atom stereocenters. The number of benzene rings is 2. The SMILES string of the molecule is CCOC(=O)C1=C(c2ccccc2)N=C2SC=C(CC(=O)N[C@@H](C)CC)N2[C@H]1c1cccc(OC)c1OC. The van der Waals surface area contributed by atoms with E-state index in [-0.39, 0.29) is 25.0 Å². The molecule has 0 spiro atoms. The number of amidine groups is 1. The van der Waals surface area contributed by atoms with Gasteiger partial charge in [0.1, 0.15) is 0 Å². The van der Waals surface area contributed by atoms with Crippen molar-refractivity contribution >= 4 is 34.5 Å². The van der Waals surface area contributed by atoms with Crippen molar-refractivity contribution in [3.63, 3.8) is 0 Å². The van der Waals surface area contributed by atoms with Gasteiger partial charge in [-0.2, -0.15) is 0 Å². The first-order valence-corrected chi connectivity index (χ1v) is 13.5. The molecule has 2 heterocycles. The molecule has 200 valence electrons. The predicted molar refractivity (Wildman–Crippen MR) is 150 cm³/mol. The summed E-state index contributed by atoms with van der Waals surface area (Å²) >= 11 is 1.42. The summed E-state index contributed by atoms with van der Waals surface area (Å²) in [6, 6.07) is 14.5. The monoisotopic (exact) mass is 535 g/mol. The Morgan fingerprint density at radius 3 is 2.50 bits per heavy atom. The van der Waals surface area contributed by atoms with E-state index in [1.807, 2.05) is 66.6 Å². The molecule has 0 bridgehead atoms. The molecule has 1 N–H and O–H groups in total. The van der Waals surface area contributed by atoms with Crippen molar-refractivity contribution in [2.75, 3.05) is 20.8 Å². The van der Waals surface area contributed by atoms with Crippen molar-refractivity contribution < 1.29 is 23.8 Å². The lowest BCUT2D eigenvalue weighted by Gasteiger charge is -2.37. The largest absolute Gasteiger partial charge is 0.493 e. The molecule has 0 fully saturated rings. The Morgan fingerprint density at radius 2 is 1.84 bits per heavy atom. The van der Waals surface area contributed by atoms with E-state index in [0.29, 0.717) is 33.5 Å². The zero-order chi connectivity index (χ0) is 27.2. The minimum Gasteiger partial charge on any atom is -0.493 e. The molecule has 0 saturated carbocycles. The van der Waals surface area contributed by atoms with Gasteiger partial charge in [0.05, 0.1) is 44.6 Å². The van der Waals surface area contributed by atoms with Gasteiger partial charge in [0.15, 0.2) is 16.7 Å². The molecule has 0 radical (unpaired) electrons. The van der Waals surface area contributed by atoms with Gasteiger partial charge < -0.3 is 24.4 Å². The standard InChI is InChI=1S/C29H33N3O5S/c1-6-18(3)30-23(33)16-20-17-38-29-31-25(19-12-9-8-10-13-19)24(28(34)37-7-2)26(32(20)29)21-14-11-15-22(35-4)27(21)36-5/h8-15,17-18,26H,6-7,16H2,1-5H3,(H,30,33)/t18-,26-/m0/s1. The minimum atomic E-state index is -0.667. The topological polar surface area (TPSA) is 89.5 Å². The van der Waals surface area contributed by atoms with E-state index in [1.54, 1.807) is 27.2 Å². The molecule has 38 heavy (non-hydrogen) atoms. The Hall–Kier alpha value is -3.72. The highest BCUT2D eigenvalue weighted by Gasteiger charge is 2.43. The highest BCUT2D eigenvalue weighted by molar-refractivity contribution is 8.16. The molecule has 0 aromatic heterocycles. The lowest BCUT2D eigenvalue weighted by atomic mass is 9.90. The summed E-state index contributed by atoms with van der Waals surface area (Å²) in [5, 5.41) is 5.62. The summed E-state index contributed by atoms with van der Waals surface area (Å²) in [5.74, 6) is 0.449. The average Bonchev–Trinajstić information content (AvgIpc) is 3.33. The first kappa shape index (κ1) is 27.3. The van der Waals surface area contributed by atoms with Gasteiger partial charge in [-0.15, -0.1) is 0 Å². The third kappa shape index (κ3) is 5.43. The Bertz CT molecular complexity index is 1290. The van der Waals surface area contributed by atoms with Gasteiger partial charge in [-0.05, 0) is 31.7 Å². The molecule has 0 aliphatic carbocycles. The number of carbonyl (C=O) groups excluding carboxylic acids is 2. The summed E-state index contributed by atoms with van der Waals surface area (Å²) in [5.41, 5.74) is 3.11. The molecule has 1 amide bonds. The maximum Gasteiger partial charge on any atom is 0.338 e. The molecule has 8 nitrogen and oxygen atoms in total. The molecule has 2 aromatic rings. The predicted octanol–water partition coefficient (Wildman–Crippen LogP) is 5.28. The molecule has 2 aliphatic heterocycles. The van der Waals surface area contributed by atoms with Crippen LogP contribution in [0.4, 0.5) is 0 Å². The van der Waals surface area contributed by atoms with Gasteiger partial charge in [0.25, 0.3) is 0 Å². The van der Waals surface area contributed by atoms with Crippen LogP contribution in [0.25, 0.3) is 5.70 Å². The highest BCUT2D eigenvalue weighted by atomic mass is 32.2. The highest BCUT2D eigenvalue weighted by Crippen LogP contribution is 2.50. The summed E-state index contributed by atoms with van der Waals surface area (Å²) in [4.78, 5) is 33.5. The molecule has 2 aromatic carbocycles. The number of ether oxygens (including phenoxy) is 3. The molecule has 2 aliphatic rings. The fraction of sp³-hybridized carbons (Fsp3) is 0.345. The number of carbonyl (C=O) groups is 2. The van der Waals surface area contributed by atoms with Crippen LogP contribution >= 0.6 is 11.8 Å². The van der Waals surface area contributed by atoms with Gasteiger partial charge in [-0.3, -0.25) is 4.79 Å². The van der Waals surface area contributed by atoms with E-state index in [2.05, 4.69) is 5.32 Å². The van der Waals surface area contributed by atoms with E-state index in [1.165, 1.54) is 11.8 Å². The fourth-order valence-corrected chi connectivity index (χ4v) is 5.42. The van der Waals surface area contributed by atoms with E-state index >= 15 is 0 Å². The summed E-state index contributed by atoms with van der Waals surface area (Å²) in [6.07, 6.45) is 0.964. The third-order valence-electron chi connectivity index (χ3n) is 6.44. The van der Waals surface area contributed by atoms with Crippen molar-refractivity contribution in [1.29, 1.82) is 0 Å². The third-order valence-corrected chi connectivity index (χ3v) is 7.33. The number of aliphatic imine (C=N–C) groups is 1. The number of rotatable bonds is 10. The van der Waals surface area contributed by atoms with Gasteiger partial charge in [-0.25, -0.2) is 9.79 Å². The number of fused-ring (bicyclic) bond motifs is 1. The number of esters is 1. The zero-order valence-electron chi connectivity index (χ0n) is 22.3. The van der Waals surface area contributed by atoms with Crippen molar-refractivity contribution in [3.8, 4) is 11.5 Å². The van der Waals surface area contributed by atoms with Crippen LogP contribution in [-0.2, 0) is 14.3 Å². The number of nitrogens with zero attached hydrogens (tertiary/aromatic N) is 2. The van der Waals surface area contributed by atoms with E-state index in [4.69, 9.17) is 19.2 Å². The lowest BCUT2D eigenvalue weighted by Crippen LogP contribution is -2.39. The molecular formula is C29H33N3O5S. The normalized spacial score (nSPS) is 17.3. The lowest BCUT2D eigenvalue weighted by molar-refractivity contribution is -0.139. The average molecular weight is 536 g/mol. The zero-order valence-corrected chi connectivity index (χ0v) is 23.1. The maximum absolute atomic E-state index is 13.7. The number of nitrogens with one attached hydrogen (secondary N) is 1. The van der Waals surface area contributed by atoms with Gasteiger partial charge >= 0.3 is 5.97 Å². The summed E-state index contributed by atoms with van der Waals surface area (Å²) in [7, 11) is 3.14. The maximum atomic E-state index is 13.7. The minimum absolute atomic E-state index is 0.0561. The molecule has 4 rings (SSSR count). The molecule has 0 saturated heterocycles. The van der Waals surface area contributed by atoms with Crippen LogP contribution in [0.1, 0.15) is 50.8 Å². The number of hydrogen-bond donors (Lipinski definition) is 1. The number of hydrogen-bond acceptors (Lipinski definition) is 8. The second-order valence-corrected chi connectivity index (χ2v) is 9.72. The Balaban J connectivity index is 1.92. The van der Waals surface area contributed by atoms with Crippen LogP contribution < -0.4 is 14.8 Å². The second-order valence-electron chi connectivity index (χ2n) is 8.88. The van der Waals surface area contributed by atoms with E-state index in [9.17, 15) is 9.59 Å². The van der Waals surface area contributed by atoms with Crippen LogP contribution in [0.15, 0.2) is 70.2 Å². The van der Waals surface area contributed by atoms with Crippen LogP contribution in [0.5, 0.6) is 11.5 Å². The second kappa shape index (κ2) is 12.2. The fourth-order valence-electron chi connectivity index (χ4n) is 4.50. The number of amides is 1. The van der Waals surface area contributed by atoms with Gasteiger partial charge in [0, 0.05) is 22.9 Å². The van der Waals surface area contributed by atoms with E-state index in [0.717, 1.165) is 17.7 Å². The van der Waals surface area contributed by atoms with Gasteiger partial charge in [0.2, 0.25) is 5.91 Å². The number of thioether (sulfide) groups is 1. The van der Waals surface area contributed by atoms with Crippen LogP contribution in [0.2, 0.25) is 0 Å². The molecule has 9 heteroatoms. The summed E-state index contributed by atoms with van der Waals surface area (Å²) in [6.45, 7) is 5.98. The number of para-hydroxylation sites is 1. The van der Waals surface area contributed by atoms with Crippen LogP contribution in [-0.4, -0.2) is 48.8 Å².